The summed E-state index contributed by atoms with van der Waals surface area (Å²) in [5.74, 6) is -1.78. The fourth-order valence-electron chi connectivity index (χ4n) is 2.16. The van der Waals surface area contributed by atoms with Crippen LogP contribution in [0, 0.1) is 5.92 Å². The molecule has 1 heterocycles. The number of aliphatic carboxylic acids is 1. The molecule has 1 fully saturated rings. The molecule has 1 unspecified atom stereocenters. The third kappa shape index (κ3) is 2.41. The molecule has 6 heteroatoms. The van der Waals surface area contributed by atoms with Gasteiger partial charge in [-0.05, 0) is 24.6 Å². The molecule has 2 rings (SSSR count). The highest BCUT2D eigenvalue weighted by Gasteiger charge is 2.29. The topological polar surface area (TPSA) is 83.6 Å². The van der Waals surface area contributed by atoms with E-state index in [2.05, 4.69) is 0 Å². The molecule has 1 aliphatic rings. The lowest BCUT2D eigenvalue weighted by Gasteiger charge is -2.20. The van der Waals surface area contributed by atoms with Crippen LogP contribution in [0.3, 0.4) is 0 Å². The number of anilines is 1. The van der Waals surface area contributed by atoms with Crippen molar-refractivity contribution in [2.45, 2.75) is 6.42 Å². The van der Waals surface area contributed by atoms with Crippen LogP contribution in [0.1, 0.15) is 16.8 Å². The van der Waals surface area contributed by atoms with Gasteiger partial charge in [0.05, 0.1) is 11.5 Å². The molecule has 1 aromatic rings. The molecule has 18 heavy (non-hydrogen) atoms. The summed E-state index contributed by atoms with van der Waals surface area (Å²) in [6.07, 6.45) is 0.566. The van der Waals surface area contributed by atoms with Crippen LogP contribution in [-0.2, 0) is 4.79 Å². The highest BCUT2D eigenvalue weighted by molar-refractivity contribution is 6.31. The first-order valence-electron chi connectivity index (χ1n) is 5.56. The third-order valence-corrected chi connectivity index (χ3v) is 3.34. The molecule has 5 nitrogen and oxygen atoms in total. The van der Waals surface area contributed by atoms with Crippen molar-refractivity contribution in [1.29, 1.82) is 0 Å². The average molecular weight is 269 g/mol. The highest BCUT2D eigenvalue weighted by Crippen LogP contribution is 2.29. The SMILES string of the molecule is NC(=O)c1cc(Cl)ccc1N1CCC(C(=O)O)C1. The molecule has 0 radical (unpaired) electrons. The number of carboxylic acid groups (broad SMARTS) is 1. The first-order chi connectivity index (χ1) is 8.49. The molecule has 96 valence electrons. The summed E-state index contributed by atoms with van der Waals surface area (Å²) in [5.41, 5.74) is 6.28. The smallest absolute Gasteiger partial charge is 0.308 e. The second-order valence-electron chi connectivity index (χ2n) is 4.30. The summed E-state index contributed by atoms with van der Waals surface area (Å²) < 4.78 is 0. The lowest BCUT2D eigenvalue weighted by atomic mass is 10.1. The largest absolute Gasteiger partial charge is 0.481 e. The number of amides is 1. The van der Waals surface area contributed by atoms with Gasteiger partial charge in [-0.2, -0.15) is 0 Å². The van der Waals surface area contributed by atoms with Crippen LogP contribution in [0.5, 0.6) is 0 Å². The Labute approximate surface area is 109 Å². The molecule has 1 saturated heterocycles. The van der Waals surface area contributed by atoms with Crippen LogP contribution in [0.25, 0.3) is 0 Å². The summed E-state index contributed by atoms with van der Waals surface area (Å²) in [6.45, 7) is 0.982. The Kier molecular flexibility index (Phi) is 3.43. The summed E-state index contributed by atoms with van der Waals surface area (Å²) in [5, 5.41) is 9.39. The van der Waals surface area contributed by atoms with Crippen molar-refractivity contribution >= 4 is 29.2 Å². The van der Waals surface area contributed by atoms with E-state index in [4.69, 9.17) is 22.4 Å². The van der Waals surface area contributed by atoms with Crippen molar-refractivity contribution in [3.63, 3.8) is 0 Å². The van der Waals surface area contributed by atoms with Gasteiger partial charge in [0.2, 0.25) is 0 Å². The quantitative estimate of drug-likeness (QED) is 0.867. The summed E-state index contributed by atoms with van der Waals surface area (Å²) in [4.78, 5) is 24.1. The second-order valence-corrected chi connectivity index (χ2v) is 4.73. The third-order valence-electron chi connectivity index (χ3n) is 3.10. The average Bonchev–Trinajstić information content (AvgIpc) is 2.78. The van der Waals surface area contributed by atoms with Crippen LogP contribution >= 0.6 is 11.6 Å². The van der Waals surface area contributed by atoms with Gasteiger partial charge in [-0.15, -0.1) is 0 Å². The first-order valence-corrected chi connectivity index (χ1v) is 5.94. The lowest BCUT2D eigenvalue weighted by Crippen LogP contribution is -2.25. The van der Waals surface area contributed by atoms with Gasteiger partial charge >= 0.3 is 5.97 Å². The van der Waals surface area contributed by atoms with E-state index in [9.17, 15) is 9.59 Å². The van der Waals surface area contributed by atoms with E-state index >= 15 is 0 Å². The van der Waals surface area contributed by atoms with Gasteiger partial charge in [0.25, 0.3) is 5.91 Å². The van der Waals surface area contributed by atoms with Crippen LogP contribution in [0.2, 0.25) is 5.02 Å². The Morgan fingerprint density at radius 3 is 2.72 bits per heavy atom. The molecule has 1 amide bonds. The van der Waals surface area contributed by atoms with Gasteiger partial charge in [-0.25, -0.2) is 0 Å². The van der Waals surface area contributed by atoms with E-state index in [0.717, 1.165) is 0 Å². The van der Waals surface area contributed by atoms with E-state index in [1.54, 1.807) is 12.1 Å². The molecule has 0 saturated carbocycles. The molecule has 0 aliphatic carbocycles. The van der Waals surface area contributed by atoms with E-state index in [1.165, 1.54) is 6.07 Å². The fraction of sp³-hybridized carbons (Fsp3) is 0.333. The Hall–Kier alpha value is -1.75. The molecule has 3 N–H and O–H groups in total. The standard InChI is InChI=1S/C12H13ClN2O3/c13-8-1-2-10(9(5-8)11(14)16)15-4-3-7(6-15)12(17)18/h1-2,5,7H,3-4,6H2,(H2,14,16)(H,17,18). The molecule has 0 spiro atoms. The van der Waals surface area contributed by atoms with Crippen molar-refractivity contribution < 1.29 is 14.7 Å². The van der Waals surface area contributed by atoms with Crippen LogP contribution in [0.4, 0.5) is 5.69 Å². The minimum absolute atomic E-state index is 0.327. The number of carbonyl (C=O) groups is 2. The Morgan fingerprint density at radius 1 is 1.44 bits per heavy atom. The van der Waals surface area contributed by atoms with Gasteiger partial charge in [0.1, 0.15) is 0 Å². The van der Waals surface area contributed by atoms with Crippen LogP contribution < -0.4 is 10.6 Å². The maximum absolute atomic E-state index is 11.4. The number of benzene rings is 1. The molecule has 1 aromatic carbocycles. The minimum Gasteiger partial charge on any atom is -0.481 e. The summed E-state index contributed by atoms with van der Waals surface area (Å²) in [7, 11) is 0. The molecular weight excluding hydrogens is 256 g/mol. The summed E-state index contributed by atoms with van der Waals surface area (Å²) >= 11 is 5.83. The normalized spacial score (nSPS) is 18.9. The fourth-order valence-corrected chi connectivity index (χ4v) is 2.33. The monoisotopic (exact) mass is 268 g/mol. The Balaban J connectivity index is 2.29. The number of rotatable bonds is 3. The Morgan fingerprint density at radius 2 is 2.17 bits per heavy atom. The lowest BCUT2D eigenvalue weighted by molar-refractivity contribution is -0.140. The maximum Gasteiger partial charge on any atom is 0.308 e. The molecule has 0 aromatic heterocycles. The van der Waals surface area contributed by atoms with Gasteiger partial charge in [-0.1, -0.05) is 11.6 Å². The number of hydrogen-bond acceptors (Lipinski definition) is 3. The van der Waals surface area contributed by atoms with Gasteiger partial charge in [-0.3, -0.25) is 9.59 Å². The van der Waals surface area contributed by atoms with Crippen LogP contribution in [0.15, 0.2) is 18.2 Å². The van der Waals surface area contributed by atoms with Gasteiger partial charge in [0.15, 0.2) is 0 Å². The molecular formula is C12H13ClN2O3. The Bertz CT molecular complexity index is 504. The van der Waals surface area contributed by atoms with Crippen molar-refractivity contribution in [2.24, 2.45) is 11.7 Å². The zero-order chi connectivity index (χ0) is 13.3. The molecule has 1 aliphatic heterocycles. The van der Waals surface area contributed by atoms with Gasteiger partial charge in [0, 0.05) is 23.8 Å². The predicted molar refractivity (Wildman–Crippen MR) is 67.9 cm³/mol. The number of hydrogen-bond donors (Lipinski definition) is 2. The van der Waals surface area contributed by atoms with E-state index in [-0.39, 0.29) is 0 Å². The predicted octanol–water partition coefficient (Wildman–Crippen LogP) is 1.35. The van der Waals surface area contributed by atoms with Crippen molar-refractivity contribution in [3.05, 3.63) is 28.8 Å². The highest BCUT2D eigenvalue weighted by atomic mass is 35.5. The van der Waals surface area contributed by atoms with Gasteiger partial charge < -0.3 is 15.7 Å². The summed E-state index contributed by atoms with van der Waals surface area (Å²) in [6, 6.07) is 4.87. The maximum atomic E-state index is 11.4. The molecule has 0 bridgehead atoms. The van der Waals surface area contributed by atoms with E-state index in [0.29, 0.717) is 35.8 Å². The molecule has 1 atom stereocenters. The van der Waals surface area contributed by atoms with Crippen molar-refractivity contribution in [2.75, 3.05) is 18.0 Å². The number of nitrogens with zero attached hydrogens (tertiary/aromatic N) is 1. The zero-order valence-corrected chi connectivity index (χ0v) is 10.4. The zero-order valence-electron chi connectivity index (χ0n) is 9.60. The number of carbonyl (C=O) groups excluding carboxylic acids is 1. The first kappa shape index (κ1) is 12.7. The van der Waals surface area contributed by atoms with E-state index in [1.807, 2.05) is 4.90 Å². The van der Waals surface area contributed by atoms with Crippen molar-refractivity contribution in [1.82, 2.24) is 0 Å². The number of halogens is 1. The number of carboxylic acids is 1. The van der Waals surface area contributed by atoms with Crippen LogP contribution in [-0.4, -0.2) is 30.1 Å². The minimum atomic E-state index is -0.813. The van der Waals surface area contributed by atoms with E-state index < -0.39 is 17.8 Å². The second kappa shape index (κ2) is 4.86. The number of primary amides is 1. The number of nitrogens with two attached hydrogens (primary N) is 1. The van der Waals surface area contributed by atoms with Crippen molar-refractivity contribution in [3.8, 4) is 0 Å².